The summed E-state index contributed by atoms with van der Waals surface area (Å²) in [4.78, 5) is 0. The van der Waals surface area contributed by atoms with Gasteiger partial charge >= 0.3 is 0 Å². The Hall–Kier alpha value is -0.500. The van der Waals surface area contributed by atoms with Crippen LogP contribution in [-0.2, 0) is 0 Å². The van der Waals surface area contributed by atoms with Crippen molar-refractivity contribution in [1.29, 1.82) is 0 Å². The van der Waals surface area contributed by atoms with Crippen molar-refractivity contribution in [1.82, 2.24) is 0 Å². The molecule has 0 unspecified atom stereocenters. The highest BCUT2D eigenvalue weighted by atomic mass is 79.9. The molecule has 0 N–H and O–H groups in total. The number of ether oxygens (including phenoxy) is 1. The zero-order valence-corrected chi connectivity index (χ0v) is 14.4. The van der Waals surface area contributed by atoms with Crippen molar-refractivity contribution in [2.75, 3.05) is 7.11 Å². The van der Waals surface area contributed by atoms with Crippen LogP contribution in [0.2, 0.25) is 0 Å². The maximum absolute atomic E-state index is 5.24. The monoisotopic (exact) mass is 338 g/mol. The van der Waals surface area contributed by atoms with Crippen molar-refractivity contribution in [3.63, 3.8) is 0 Å². The van der Waals surface area contributed by atoms with E-state index in [0.717, 1.165) is 11.7 Å². The molecule has 0 aliphatic heterocycles. The van der Waals surface area contributed by atoms with Crippen molar-refractivity contribution in [3.05, 3.63) is 29.8 Å². The van der Waals surface area contributed by atoms with Gasteiger partial charge in [0.2, 0.25) is 0 Å². The molecule has 1 fully saturated rings. The molecular weight excluding hydrogens is 312 g/mol. The lowest BCUT2D eigenvalue weighted by Crippen LogP contribution is -2.27. The van der Waals surface area contributed by atoms with Gasteiger partial charge < -0.3 is 4.74 Å². The summed E-state index contributed by atoms with van der Waals surface area (Å²) in [6.07, 6.45) is 10.6. The number of rotatable bonds is 6. The van der Waals surface area contributed by atoms with Gasteiger partial charge in [0.1, 0.15) is 5.75 Å². The topological polar surface area (TPSA) is 9.23 Å². The second-order valence-corrected chi connectivity index (χ2v) is 7.84. The van der Waals surface area contributed by atoms with Crippen molar-refractivity contribution in [2.24, 2.45) is 0 Å². The molecule has 1 aromatic rings. The minimum absolute atomic E-state index is 0.422. The van der Waals surface area contributed by atoms with Crippen molar-refractivity contribution in [3.8, 4) is 5.75 Å². The molecule has 0 aromatic heterocycles. The second-order valence-electron chi connectivity index (χ2n) is 6.16. The van der Waals surface area contributed by atoms with Crippen molar-refractivity contribution >= 4 is 15.9 Å². The highest BCUT2D eigenvalue weighted by Crippen LogP contribution is 2.45. The summed E-state index contributed by atoms with van der Waals surface area (Å²) in [5.74, 6) is 1.69. The fourth-order valence-electron chi connectivity index (χ4n) is 3.29. The Kier molecular flexibility index (Phi) is 5.95. The lowest BCUT2D eigenvalue weighted by atomic mass is 9.77. The summed E-state index contributed by atoms with van der Waals surface area (Å²) in [6, 6.07) is 8.66. The number of halogens is 1. The molecule has 1 nitrogen and oxygen atoms in total. The van der Waals surface area contributed by atoms with Crippen molar-refractivity contribution in [2.45, 2.75) is 68.5 Å². The third kappa shape index (κ3) is 4.25. The summed E-state index contributed by atoms with van der Waals surface area (Å²) in [7, 11) is 1.73. The number of hydrogen-bond donors (Lipinski definition) is 0. The van der Waals surface area contributed by atoms with E-state index < -0.39 is 0 Å². The third-order valence-corrected chi connectivity index (χ3v) is 5.89. The van der Waals surface area contributed by atoms with Gasteiger partial charge in [-0.1, -0.05) is 54.2 Å². The van der Waals surface area contributed by atoms with E-state index in [4.69, 9.17) is 4.74 Å². The molecule has 112 valence electrons. The molecule has 1 aliphatic rings. The van der Waals surface area contributed by atoms with Crippen LogP contribution in [0.15, 0.2) is 24.3 Å². The molecule has 2 heteroatoms. The fraction of sp³-hybridized carbons (Fsp3) is 0.667. The summed E-state index contributed by atoms with van der Waals surface area (Å²) < 4.78 is 5.66. The summed E-state index contributed by atoms with van der Waals surface area (Å²) >= 11 is 4.03. The highest BCUT2D eigenvalue weighted by molar-refractivity contribution is 9.10. The molecule has 1 aromatic carbocycles. The summed E-state index contributed by atoms with van der Waals surface area (Å²) in [6.45, 7) is 2.28. The van der Waals surface area contributed by atoms with E-state index in [2.05, 4.69) is 47.1 Å². The Morgan fingerprint density at radius 1 is 1.15 bits per heavy atom. The minimum atomic E-state index is 0.422. The van der Waals surface area contributed by atoms with Gasteiger partial charge in [0.15, 0.2) is 0 Å². The maximum Gasteiger partial charge on any atom is 0.118 e. The van der Waals surface area contributed by atoms with Crippen LogP contribution in [0.3, 0.4) is 0 Å². The van der Waals surface area contributed by atoms with E-state index in [1.807, 2.05) is 0 Å². The van der Waals surface area contributed by atoms with E-state index in [1.165, 1.54) is 56.9 Å². The van der Waals surface area contributed by atoms with Gasteiger partial charge in [-0.3, -0.25) is 0 Å². The van der Waals surface area contributed by atoms with Crippen LogP contribution in [0.4, 0.5) is 0 Å². The Balaban J connectivity index is 1.86. The summed E-state index contributed by atoms with van der Waals surface area (Å²) in [5, 5.41) is 0. The Bertz CT molecular complexity index is 390. The average Bonchev–Trinajstić information content (AvgIpc) is 2.48. The first kappa shape index (κ1) is 15.9. The van der Waals surface area contributed by atoms with Crippen LogP contribution in [0.25, 0.3) is 0 Å². The van der Waals surface area contributed by atoms with Crippen LogP contribution in [0.5, 0.6) is 5.75 Å². The largest absolute Gasteiger partial charge is 0.497 e. The first-order chi connectivity index (χ1) is 9.67. The predicted molar refractivity (Wildman–Crippen MR) is 90.0 cm³/mol. The van der Waals surface area contributed by atoms with E-state index in [-0.39, 0.29) is 0 Å². The lowest BCUT2D eigenvalue weighted by Gasteiger charge is -2.36. The van der Waals surface area contributed by atoms with E-state index in [0.29, 0.717) is 4.32 Å². The Labute approximate surface area is 132 Å². The molecule has 0 atom stereocenters. The zero-order chi connectivity index (χ0) is 14.4. The van der Waals surface area contributed by atoms with Gasteiger partial charge in [0, 0.05) is 4.32 Å². The average molecular weight is 339 g/mol. The number of hydrogen-bond acceptors (Lipinski definition) is 1. The molecule has 0 radical (unpaired) electrons. The Morgan fingerprint density at radius 2 is 1.80 bits per heavy atom. The van der Waals surface area contributed by atoms with Crippen LogP contribution >= 0.6 is 15.9 Å². The number of alkyl halides is 1. The minimum Gasteiger partial charge on any atom is -0.497 e. The SMILES string of the molecule is CCCCC[C@]1(Br)CC[C@H](c2ccc(OC)cc2)CC1. The standard InChI is InChI=1S/C18H27BrO/c1-3-4-5-12-18(19)13-10-16(11-14-18)15-6-8-17(20-2)9-7-15/h6-9,16H,3-5,10-14H2,1-2H3/t16-,18-. The number of methoxy groups -OCH3 is 1. The molecular formula is C18H27BrO. The van der Waals surface area contributed by atoms with Crippen LogP contribution < -0.4 is 4.74 Å². The first-order valence-electron chi connectivity index (χ1n) is 8.00. The number of unbranched alkanes of at least 4 members (excludes halogenated alkanes) is 2. The molecule has 2 rings (SSSR count). The lowest BCUT2D eigenvalue weighted by molar-refractivity contribution is 0.343. The number of benzene rings is 1. The normalized spacial score (nSPS) is 26.4. The van der Waals surface area contributed by atoms with Gasteiger partial charge in [-0.15, -0.1) is 0 Å². The van der Waals surface area contributed by atoms with E-state index >= 15 is 0 Å². The van der Waals surface area contributed by atoms with Crippen LogP contribution in [0.1, 0.15) is 69.8 Å². The molecule has 1 aliphatic carbocycles. The van der Waals surface area contributed by atoms with Crippen molar-refractivity contribution < 1.29 is 4.74 Å². The fourth-order valence-corrected chi connectivity index (χ4v) is 4.02. The molecule has 20 heavy (non-hydrogen) atoms. The Morgan fingerprint density at radius 3 is 2.35 bits per heavy atom. The van der Waals surface area contributed by atoms with Gasteiger partial charge in [-0.05, 0) is 55.7 Å². The van der Waals surface area contributed by atoms with E-state index in [9.17, 15) is 0 Å². The molecule has 0 saturated heterocycles. The molecule has 1 saturated carbocycles. The van der Waals surface area contributed by atoms with Crippen LogP contribution in [0, 0.1) is 0 Å². The molecule has 0 bridgehead atoms. The quantitative estimate of drug-likeness (QED) is 0.452. The van der Waals surface area contributed by atoms with Gasteiger partial charge in [0.05, 0.1) is 7.11 Å². The molecule has 0 heterocycles. The van der Waals surface area contributed by atoms with Crippen LogP contribution in [-0.4, -0.2) is 11.4 Å². The summed E-state index contributed by atoms with van der Waals surface area (Å²) in [5.41, 5.74) is 1.48. The molecule has 0 amide bonds. The highest BCUT2D eigenvalue weighted by Gasteiger charge is 2.32. The van der Waals surface area contributed by atoms with Gasteiger partial charge in [0.25, 0.3) is 0 Å². The maximum atomic E-state index is 5.24. The van der Waals surface area contributed by atoms with E-state index in [1.54, 1.807) is 7.11 Å². The van der Waals surface area contributed by atoms with Gasteiger partial charge in [-0.2, -0.15) is 0 Å². The molecule has 0 spiro atoms. The zero-order valence-electron chi connectivity index (χ0n) is 12.8. The second kappa shape index (κ2) is 7.49. The smallest absolute Gasteiger partial charge is 0.118 e. The van der Waals surface area contributed by atoms with Gasteiger partial charge in [-0.25, -0.2) is 0 Å². The first-order valence-corrected chi connectivity index (χ1v) is 8.79. The predicted octanol–water partition coefficient (Wildman–Crippen LogP) is 6.07. The third-order valence-electron chi connectivity index (χ3n) is 4.70.